The molecule has 1 amide bonds. The summed E-state index contributed by atoms with van der Waals surface area (Å²) in [5.74, 6) is -0.523. The summed E-state index contributed by atoms with van der Waals surface area (Å²) in [5, 5.41) is 12.6. The zero-order chi connectivity index (χ0) is 22.9. The number of nitrogens with one attached hydrogen (secondary N) is 1. The summed E-state index contributed by atoms with van der Waals surface area (Å²) in [7, 11) is 0. The van der Waals surface area contributed by atoms with Gasteiger partial charge >= 0.3 is 5.97 Å². The summed E-state index contributed by atoms with van der Waals surface area (Å²) in [6, 6.07) is 21.8. The summed E-state index contributed by atoms with van der Waals surface area (Å²) in [4.78, 5) is 24.8. The van der Waals surface area contributed by atoms with Gasteiger partial charge in [0.1, 0.15) is 11.6 Å². The van der Waals surface area contributed by atoms with Gasteiger partial charge in [-0.2, -0.15) is 5.26 Å². The Bertz CT molecular complexity index is 1180. The lowest BCUT2D eigenvalue weighted by atomic mass is 10.1. The van der Waals surface area contributed by atoms with Crippen molar-refractivity contribution < 1.29 is 19.1 Å². The van der Waals surface area contributed by atoms with Crippen LogP contribution in [0.25, 0.3) is 6.08 Å². The number of hydrogen-bond donors (Lipinski definition) is 1. The average Bonchev–Trinajstić information content (AvgIpc) is 2.81. The smallest absolute Gasteiger partial charge is 0.343 e. The standard InChI is InChI=1S/C25H19ClN2O4/c1-2-31-23-15-17(8-13-22(23)32-25(30)18-6-4-3-5-7-18)14-19(16-27)24(29)28-21-11-9-20(26)10-12-21/h3-15H,2H2,1H3,(H,28,29)/b19-14+. The van der Waals surface area contributed by atoms with Gasteiger partial charge in [-0.3, -0.25) is 4.79 Å². The highest BCUT2D eigenvalue weighted by atomic mass is 35.5. The Morgan fingerprint density at radius 2 is 1.75 bits per heavy atom. The van der Waals surface area contributed by atoms with E-state index in [1.807, 2.05) is 6.07 Å². The largest absolute Gasteiger partial charge is 0.490 e. The van der Waals surface area contributed by atoms with Crippen LogP contribution in [0.2, 0.25) is 5.02 Å². The van der Waals surface area contributed by atoms with Crippen molar-refractivity contribution in [2.75, 3.05) is 11.9 Å². The van der Waals surface area contributed by atoms with Gasteiger partial charge in [0.15, 0.2) is 11.5 Å². The molecule has 32 heavy (non-hydrogen) atoms. The molecule has 0 fully saturated rings. The molecule has 3 aromatic rings. The minimum atomic E-state index is -0.563. The van der Waals surface area contributed by atoms with Crippen LogP contribution >= 0.6 is 11.6 Å². The normalized spacial score (nSPS) is 10.7. The fraction of sp³-hybridized carbons (Fsp3) is 0.0800. The van der Waals surface area contributed by atoms with Crippen LogP contribution in [0.4, 0.5) is 5.69 Å². The molecule has 0 heterocycles. The number of amides is 1. The summed E-state index contributed by atoms with van der Waals surface area (Å²) in [6.45, 7) is 2.14. The van der Waals surface area contributed by atoms with Crippen LogP contribution in [0, 0.1) is 11.3 Å². The fourth-order valence-electron chi connectivity index (χ4n) is 2.75. The predicted octanol–water partition coefficient (Wildman–Crippen LogP) is 5.50. The van der Waals surface area contributed by atoms with Crippen molar-refractivity contribution in [3.63, 3.8) is 0 Å². The maximum atomic E-state index is 12.5. The second-order valence-electron chi connectivity index (χ2n) is 6.53. The van der Waals surface area contributed by atoms with E-state index in [4.69, 9.17) is 21.1 Å². The van der Waals surface area contributed by atoms with Gasteiger partial charge in [0.05, 0.1) is 12.2 Å². The zero-order valence-corrected chi connectivity index (χ0v) is 17.9. The molecule has 0 atom stereocenters. The van der Waals surface area contributed by atoms with Crippen LogP contribution in [-0.2, 0) is 4.79 Å². The van der Waals surface area contributed by atoms with Gasteiger partial charge in [0.25, 0.3) is 5.91 Å². The van der Waals surface area contributed by atoms with Crippen LogP contribution in [0.3, 0.4) is 0 Å². The maximum absolute atomic E-state index is 12.5. The first kappa shape index (κ1) is 22.6. The first-order chi connectivity index (χ1) is 15.5. The number of rotatable bonds is 7. The number of hydrogen-bond acceptors (Lipinski definition) is 5. The number of halogens is 1. The van der Waals surface area contributed by atoms with E-state index < -0.39 is 11.9 Å². The number of nitrogens with zero attached hydrogens (tertiary/aromatic N) is 1. The molecule has 0 aliphatic rings. The molecular weight excluding hydrogens is 428 g/mol. The van der Waals surface area contributed by atoms with Crippen LogP contribution in [-0.4, -0.2) is 18.5 Å². The molecule has 0 aliphatic carbocycles. The Morgan fingerprint density at radius 3 is 2.41 bits per heavy atom. The maximum Gasteiger partial charge on any atom is 0.343 e. The van der Waals surface area contributed by atoms with E-state index in [2.05, 4.69) is 5.32 Å². The van der Waals surface area contributed by atoms with E-state index in [0.29, 0.717) is 34.2 Å². The van der Waals surface area contributed by atoms with Crippen molar-refractivity contribution in [1.29, 1.82) is 5.26 Å². The first-order valence-corrected chi connectivity index (χ1v) is 10.1. The topological polar surface area (TPSA) is 88.4 Å². The monoisotopic (exact) mass is 446 g/mol. The van der Waals surface area contributed by atoms with E-state index in [-0.39, 0.29) is 11.3 Å². The van der Waals surface area contributed by atoms with E-state index in [1.54, 1.807) is 79.7 Å². The molecule has 0 spiro atoms. The molecule has 160 valence electrons. The number of anilines is 1. The quantitative estimate of drug-likeness (QED) is 0.224. The minimum absolute atomic E-state index is 0.101. The second kappa shape index (κ2) is 10.8. The third kappa shape index (κ3) is 5.97. The van der Waals surface area contributed by atoms with Crippen LogP contribution in [0.1, 0.15) is 22.8 Å². The van der Waals surface area contributed by atoms with Gasteiger partial charge in [0.2, 0.25) is 0 Å². The van der Waals surface area contributed by atoms with E-state index in [9.17, 15) is 14.9 Å². The van der Waals surface area contributed by atoms with Crippen molar-refractivity contribution in [3.8, 4) is 17.6 Å². The number of carbonyl (C=O) groups is 2. The number of ether oxygens (including phenoxy) is 2. The Labute approximate surface area is 190 Å². The Kier molecular flexibility index (Phi) is 7.63. The second-order valence-corrected chi connectivity index (χ2v) is 6.96. The first-order valence-electron chi connectivity index (χ1n) is 9.73. The molecule has 7 heteroatoms. The molecule has 0 radical (unpaired) electrons. The molecule has 0 saturated heterocycles. The highest BCUT2D eigenvalue weighted by Gasteiger charge is 2.14. The van der Waals surface area contributed by atoms with Gasteiger partial charge in [-0.05, 0) is 67.1 Å². The number of carbonyl (C=O) groups excluding carboxylic acids is 2. The molecule has 0 saturated carbocycles. The van der Waals surface area contributed by atoms with E-state index >= 15 is 0 Å². The molecule has 0 bridgehead atoms. The van der Waals surface area contributed by atoms with Crippen LogP contribution in [0.5, 0.6) is 11.5 Å². The molecule has 0 aliphatic heterocycles. The predicted molar refractivity (Wildman–Crippen MR) is 123 cm³/mol. The van der Waals surface area contributed by atoms with Crippen LogP contribution < -0.4 is 14.8 Å². The lowest BCUT2D eigenvalue weighted by Crippen LogP contribution is -2.13. The Balaban J connectivity index is 1.81. The number of benzene rings is 3. The molecule has 1 N–H and O–H groups in total. The summed E-state index contributed by atoms with van der Waals surface area (Å²) < 4.78 is 11.1. The molecular formula is C25H19ClN2O4. The molecule has 3 rings (SSSR count). The highest BCUT2D eigenvalue weighted by Crippen LogP contribution is 2.30. The van der Waals surface area contributed by atoms with E-state index in [0.717, 1.165) is 0 Å². The molecule has 3 aromatic carbocycles. The summed E-state index contributed by atoms with van der Waals surface area (Å²) in [5.41, 5.74) is 1.36. The van der Waals surface area contributed by atoms with E-state index in [1.165, 1.54) is 6.08 Å². The highest BCUT2D eigenvalue weighted by molar-refractivity contribution is 6.30. The lowest BCUT2D eigenvalue weighted by molar-refractivity contribution is -0.112. The molecule has 0 unspecified atom stereocenters. The third-order valence-electron chi connectivity index (χ3n) is 4.26. The zero-order valence-electron chi connectivity index (χ0n) is 17.2. The van der Waals surface area contributed by atoms with Crippen molar-refractivity contribution in [3.05, 3.63) is 94.5 Å². The van der Waals surface area contributed by atoms with Crippen LogP contribution in [0.15, 0.2) is 78.4 Å². The molecule has 0 aromatic heterocycles. The third-order valence-corrected chi connectivity index (χ3v) is 4.51. The summed E-state index contributed by atoms with van der Waals surface area (Å²) in [6.07, 6.45) is 1.43. The van der Waals surface area contributed by atoms with Gasteiger partial charge in [-0.25, -0.2) is 4.79 Å². The molecule has 6 nitrogen and oxygen atoms in total. The SMILES string of the molecule is CCOc1cc(/C=C(\C#N)C(=O)Nc2ccc(Cl)cc2)ccc1OC(=O)c1ccccc1. The minimum Gasteiger partial charge on any atom is -0.490 e. The average molecular weight is 447 g/mol. The van der Waals surface area contributed by atoms with Gasteiger partial charge in [-0.15, -0.1) is 0 Å². The van der Waals surface area contributed by atoms with Gasteiger partial charge in [-0.1, -0.05) is 35.9 Å². The summed E-state index contributed by atoms with van der Waals surface area (Å²) >= 11 is 5.85. The van der Waals surface area contributed by atoms with Gasteiger partial charge < -0.3 is 14.8 Å². The Hall–Kier alpha value is -4.08. The lowest BCUT2D eigenvalue weighted by Gasteiger charge is -2.12. The van der Waals surface area contributed by atoms with Crippen molar-refractivity contribution in [1.82, 2.24) is 0 Å². The van der Waals surface area contributed by atoms with Crippen molar-refractivity contribution in [2.45, 2.75) is 6.92 Å². The van der Waals surface area contributed by atoms with Crippen molar-refractivity contribution >= 4 is 35.2 Å². The Morgan fingerprint density at radius 1 is 1.03 bits per heavy atom. The van der Waals surface area contributed by atoms with Crippen molar-refractivity contribution in [2.24, 2.45) is 0 Å². The van der Waals surface area contributed by atoms with Gasteiger partial charge in [0, 0.05) is 10.7 Å². The number of nitriles is 1. The number of esters is 1. The fourth-order valence-corrected chi connectivity index (χ4v) is 2.87.